The van der Waals surface area contributed by atoms with E-state index in [0.29, 0.717) is 11.5 Å². The Morgan fingerprint density at radius 3 is 2.56 bits per heavy atom. The van der Waals surface area contributed by atoms with Crippen LogP contribution >= 0.6 is 0 Å². The number of hydrogen-bond donors (Lipinski definition) is 0. The van der Waals surface area contributed by atoms with E-state index in [1.54, 1.807) is 0 Å². The summed E-state index contributed by atoms with van der Waals surface area (Å²) in [5, 5.41) is 0. The minimum atomic E-state index is -0.0417. The Morgan fingerprint density at radius 1 is 1.19 bits per heavy atom. The number of benzene rings is 1. The molecular formula is C13H14O3. The van der Waals surface area contributed by atoms with E-state index in [0.717, 1.165) is 5.56 Å². The standard InChI is InChI=1S/C13H14O3/c1-9(2)5-10-3-4-12-13(6-10)16-8-11(14)7-15-12/h3-6H,7-8H2,1-2H3. The van der Waals surface area contributed by atoms with Gasteiger partial charge in [0.2, 0.25) is 5.78 Å². The van der Waals surface area contributed by atoms with Crippen molar-refractivity contribution < 1.29 is 14.3 Å². The van der Waals surface area contributed by atoms with Gasteiger partial charge in [0, 0.05) is 0 Å². The molecule has 16 heavy (non-hydrogen) atoms. The fraction of sp³-hybridized carbons (Fsp3) is 0.308. The van der Waals surface area contributed by atoms with Crippen molar-refractivity contribution in [2.24, 2.45) is 0 Å². The number of carbonyl (C=O) groups is 1. The lowest BCUT2D eigenvalue weighted by atomic mass is 10.1. The van der Waals surface area contributed by atoms with Crippen LogP contribution in [-0.4, -0.2) is 19.0 Å². The maximum Gasteiger partial charge on any atom is 0.207 e. The fourth-order valence-electron chi connectivity index (χ4n) is 1.54. The van der Waals surface area contributed by atoms with Crippen molar-refractivity contribution in [3.63, 3.8) is 0 Å². The van der Waals surface area contributed by atoms with Crippen molar-refractivity contribution in [1.82, 2.24) is 0 Å². The minimum Gasteiger partial charge on any atom is -0.482 e. The molecule has 0 saturated heterocycles. The predicted molar refractivity (Wildman–Crippen MR) is 61.8 cm³/mol. The van der Waals surface area contributed by atoms with Gasteiger partial charge in [0.25, 0.3) is 0 Å². The molecule has 3 heteroatoms. The number of Topliss-reactive ketones (excluding diaryl/α,β-unsaturated/α-hetero) is 1. The van der Waals surface area contributed by atoms with Crippen LogP contribution in [0.2, 0.25) is 0 Å². The lowest BCUT2D eigenvalue weighted by molar-refractivity contribution is -0.122. The summed E-state index contributed by atoms with van der Waals surface area (Å²) in [7, 11) is 0. The second-order valence-corrected chi connectivity index (χ2v) is 4.04. The van der Waals surface area contributed by atoms with Crippen LogP contribution in [0.15, 0.2) is 23.8 Å². The molecule has 1 aliphatic heterocycles. The Morgan fingerprint density at radius 2 is 1.88 bits per heavy atom. The van der Waals surface area contributed by atoms with Gasteiger partial charge in [-0.1, -0.05) is 17.7 Å². The van der Waals surface area contributed by atoms with E-state index in [1.165, 1.54) is 5.57 Å². The van der Waals surface area contributed by atoms with Crippen molar-refractivity contribution in [2.75, 3.05) is 13.2 Å². The minimum absolute atomic E-state index is 0.0417. The van der Waals surface area contributed by atoms with Gasteiger partial charge in [-0.25, -0.2) is 0 Å². The highest BCUT2D eigenvalue weighted by atomic mass is 16.5. The third kappa shape index (κ3) is 2.42. The lowest BCUT2D eigenvalue weighted by Gasteiger charge is -2.07. The topological polar surface area (TPSA) is 35.5 Å². The van der Waals surface area contributed by atoms with E-state index in [-0.39, 0.29) is 19.0 Å². The summed E-state index contributed by atoms with van der Waals surface area (Å²) in [5.41, 5.74) is 2.27. The molecule has 1 heterocycles. The number of ketones is 1. The molecule has 0 bridgehead atoms. The van der Waals surface area contributed by atoms with Crippen molar-refractivity contribution in [2.45, 2.75) is 13.8 Å². The summed E-state index contributed by atoms with van der Waals surface area (Å²) >= 11 is 0. The molecule has 1 aromatic rings. The molecule has 0 fully saturated rings. The summed E-state index contributed by atoms with van der Waals surface area (Å²) in [6.07, 6.45) is 2.05. The Labute approximate surface area is 94.7 Å². The van der Waals surface area contributed by atoms with Gasteiger partial charge in [0.05, 0.1) is 0 Å². The SMILES string of the molecule is CC(C)=Cc1ccc2c(c1)OCC(=O)CO2. The molecule has 1 aliphatic rings. The van der Waals surface area contributed by atoms with Crippen LogP contribution in [0.1, 0.15) is 19.4 Å². The highest BCUT2D eigenvalue weighted by Crippen LogP contribution is 2.30. The van der Waals surface area contributed by atoms with E-state index in [1.807, 2.05) is 32.0 Å². The zero-order valence-electron chi connectivity index (χ0n) is 9.45. The quantitative estimate of drug-likeness (QED) is 0.726. The summed E-state index contributed by atoms with van der Waals surface area (Å²) in [5.74, 6) is 1.23. The third-order valence-electron chi connectivity index (χ3n) is 2.20. The zero-order chi connectivity index (χ0) is 11.5. The molecule has 0 spiro atoms. The first-order chi connectivity index (χ1) is 7.65. The Bertz CT molecular complexity index is 442. The molecule has 0 saturated carbocycles. The van der Waals surface area contributed by atoms with Crippen LogP contribution in [-0.2, 0) is 4.79 Å². The maximum absolute atomic E-state index is 11.2. The van der Waals surface area contributed by atoms with Crippen LogP contribution < -0.4 is 9.47 Å². The van der Waals surface area contributed by atoms with E-state index in [2.05, 4.69) is 6.08 Å². The smallest absolute Gasteiger partial charge is 0.207 e. The Balaban J connectivity index is 2.32. The molecule has 3 nitrogen and oxygen atoms in total. The molecule has 0 radical (unpaired) electrons. The van der Waals surface area contributed by atoms with Gasteiger partial charge in [-0.2, -0.15) is 0 Å². The first-order valence-electron chi connectivity index (χ1n) is 5.21. The van der Waals surface area contributed by atoms with Crippen LogP contribution in [0.25, 0.3) is 6.08 Å². The van der Waals surface area contributed by atoms with E-state index < -0.39 is 0 Å². The number of allylic oxidation sites excluding steroid dienone is 1. The summed E-state index contributed by atoms with van der Waals surface area (Å²) < 4.78 is 10.7. The van der Waals surface area contributed by atoms with Crippen molar-refractivity contribution >= 4 is 11.9 Å². The Kier molecular flexibility index (Phi) is 2.95. The molecule has 1 aromatic carbocycles. The maximum atomic E-state index is 11.2. The Hall–Kier alpha value is -1.77. The number of hydrogen-bond acceptors (Lipinski definition) is 3. The lowest BCUT2D eigenvalue weighted by Crippen LogP contribution is -2.15. The third-order valence-corrected chi connectivity index (χ3v) is 2.20. The van der Waals surface area contributed by atoms with E-state index >= 15 is 0 Å². The molecular weight excluding hydrogens is 204 g/mol. The van der Waals surface area contributed by atoms with Gasteiger partial charge in [0.1, 0.15) is 0 Å². The molecule has 0 amide bonds. The average molecular weight is 218 g/mol. The van der Waals surface area contributed by atoms with Gasteiger partial charge in [-0.3, -0.25) is 4.79 Å². The van der Waals surface area contributed by atoms with Crippen LogP contribution in [0.5, 0.6) is 11.5 Å². The number of fused-ring (bicyclic) bond motifs is 1. The number of ether oxygens (including phenoxy) is 2. The van der Waals surface area contributed by atoms with Gasteiger partial charge < -0.3 is 9.47 Å². The second-order valence-electron chi connectivity index (χ2n) is 4.04. The van der Waals surface area contributed by atoms with Crippen molar-refractivity contribution in [3.05, 3.63) is 29.3 Å². The highest BCUT2D eigenvalue weighted by Gasteiger charge is 2.14. The number of rotatable bonds is 1. The molecule has 0 aromatic heterocycles. The first kappa shape index (κ1) is 10.7. The molecule has 0 unspecified atom stereocenters. The zero-order valence-corrected chi connectivity index (χ0v) is 9.45. The number of carbonyl (C=O) groups excluding carboxylic acids is 1. The van der Waals surface area contributed by atoms with E-state index in [9.17, 15) is 4.79 Å². The summed E-state index contributed by atoms with van der Waals surface area (Å²) in [4.78, 5) is 11.2. The molecule has 0 atom stereocenters. The fourth-order valence-corrected chi connectivity index (χ4v) is 1.54. The molecule has 84 valence electrons. The second kappa shape index (κ2) is 4.39. The normalized spacial score (nSPS) is 14.2. The van der Waals surface area contributed by atoms with Gasteiger partial charge in [-0.05, 0) is 31.5 Å². The average Bonchev–Trinajstić information content (AvgIpc) is 2.40. The predicted octanol–water partition coefficient (Wildman–Crippen LogP) is 2.45. The highest BCUT2D eigenvalue weighted by molar-refractivity contribution is 5.82. The van der Waals surface area contributed by atoms with Crippen LogP contribution in [0.3, 0.4) is 0 Å². The van der Waals surface area contributed by atoms with Crippen molar-refractivity contribution in [1.29, 1.82) is 0 Å². The molecule has 0 N–H and O–H groups in total. The monoisotopic (exact) mass is 218 g/mol. The molecule has 2 rings (SSSR count). The van der Waals surface area contributed by atoms with Gasteiger partial charge >= 0.3 is 0 Å². The summed E-state index contributed by atoms with van der Waals surface area (Å²) in [6.45, 7) is 4.25. The van der Waals surface area contributed by atoms with Crippen molar-refractivity contribution in [3.8, 4) is 11.5 Å². The largest absolute Gasteiger partial charge is 0.482 e. The summed E-state index contributed by atoms with van der Waals surface area (Å²) in [6, 6.07) is 5.68. The van der Waals surface area contributed by atoms with Crippen LogP contribution in [0, 0.1) is 0 Å². The first-order valence-corrected chi connectivity index (χ1v) is 5.21. The van der Waals surface area contributed by atoms with Gasteiger partial charge in [-0.15, -0.1) is 0 Å². The molecule has 0 aliphatic carbocycles. The van der Waals surface area contributed by atoms with E-state index in [4.69, 9.17) is 9.47 Å². The van der Waals surface area contributed by atoms with Gasteiger partial charge in [0.15, 0.2) is 24.7 Å². The van der Waals surface area contributed by atoms with Crippen LogP contribution in [0.4, 0.5) is 0 Å².